The van der Waals surface area contributed by atoms with Gasteiger partial charge < -0.3 is 10.1 Å². The molecule has 1 unspecified atom stereocenters. The smallest absolute Gasteiger partial charge is 0.218 e. The molecule has 1 N–H and O–H groups in total. The Balaban J connectivity index is 1.65. The van der Waals surface area contributed by atoms with Crippen LogP contribution in [-0.4, -0.2) is 76.1 Å². The van der Waals surface area contributed by atoms with E-state index >= 15 is 0 Å². The number of hydrogen-bond acceptors (Lipinski definition) is 5. The van der Waals surface area contributed by atoms with Gasteiger partial charge in [-0.05, 0) is 50.0 Å². The van der Waals surface area contributed by atoms with Gasteiger partial charge in [-0.15, -0.1) is 0 Å². The maximum atomic E-state index is 13.5. The van der Waals surface area contributed by atoms with Gasteiger partial charge in [0.15, 0.2) is 0 Å². The molecule has 2 saturated heterocycles. The average Bonchev–Trinajstić information content (AvgIpc) is 2.66. The lowest BCUT2D eigenvalue weighted by Crippen LogP contribution is -2.50. The number of hydrogen-bond donors (Lipinski definition) is 1. The van der Waals surface area contributed by atoms with Gasteiger partial charge in [0, 0.05) is 32.2 Å². The minimum absolute atomic E-state index is 0.0259. The third kappa shape index (κ3) is 6.22. The van der Waals surface area contributed by atoms with Crippen LogP contribution in [0.3, 0.4) is 0 Å². The van der Waals surface area contributed by atoms with Gasteiger partial charge in [-0.1, -0.05) is 12.1 Å². The van der Waals surface area contributed by atoms with Crippen molar-refractivity contribution in [2.45, 2.75) is 31.1 Å². The van der Waals surface area contributed by atoms with Crippen LogP contribution in [-0.2, 0) is 20.5 Å². The number of ether oxygens (including phenoxy) is 1. The van der Waals surface area contributed by atoms with Crippen molar-refractivity contribution in [1.82, 2.24) is 14.5 Å². The summed E-state index contributed by atoms with van der Waals surface area (Å²) in [5.41, 5.74) is 0.497. The summed E-state index contributed by atoms with van der Waals surface area (Å²) in [5, 5.41) is 3.31. The number of rotatable bonds is 8. The molecule has 0 aliphatic carbocycles. The van der Waals surface area contributed by atoms with Crippen molar-refractivity contribution in [3.05, 3.63) is 35.6 Å². The third-order valence-corrected chi connectivity index (χ3v) is 7.12. The number of nitrogens with one attached hydrogen (secondary N) is 1. The van der Waals surface area contributed by atoms with Crippen LogP contribution < -0.4 is 5.32 Å². The van der Waals surface area contributed by atoms with E-state index in [1.165, 1.54) is 12.1 Å². The summed E-state index contributed by atoms with van der Waals surface area (Å²) >= 11 is 0. The van der Waals surface area contributed by atoms with Crippen molar-refractivity contribution in [2.24, 2.45) is 0 Å². The van der Waals surface area contributed by atoms with E-state index < -0.39 is 15.8 Å². The lowest BCUT2D eigenvalue weighted by molar-refractivity contribution is 0.0365. The highest BCUT2D eigenvalue weighted by Crippen LogP contribution is 2.20. The van der Waals surface area contributed by atoms with E-state index in [4.69, 9.17) is 4.74 Å². The second-order valence-electron chi connectivity index (χ2n) is 7.30. The molecule has 8 heteroatoms. The molecule has 0 bridgehead atoms. The molecule has 27 heavy (non-hydrogen) atoms. The van der Waals surface area contributed by atoms with Crippen molar-refractivity contribution in [3.8, 4) is 0 Å². The summed E-state index contributed by atoms with van der Waals surface area (Å²) in [4.78, 5) is 2.32. The van der Waals surface area contributed by atoms with Crippen molar-refractivity contribution in [2.75, 3.05) is 52.5 Å². The molecule has 2 aliphatic rings. The van der Waals surface area contributed by atoms with Gasteiger partial charge in [0.2, 0.25) is 10.0 Å². The first-order valence-corrected chi connectivity index (χ1v) is 11.4. The van der Waals surface area contributed by atoms with Gasteiger partial charge in [0.25, 0.3) is 0 Å². The first kappa shape index (κ1) is 20.7. The predicted octanol–water partition coefficient (Wildman–Crippen LogP) is 1.43. The van der Waals surface area contributed by atoms with Gasteiger partial charge in [-0.3, -0.25) is 4.90 Å². The maximum absolute atomic E-state index is 13.5. The monoisotopic (exact) mass is 399 g/mol. The Morgan fingerprint density at radius 3 is 2.81 bits per heavy atom. The highest BCUT2D eigenvalue weighted by molar-refractivity contribution is 7.88. The van der Waals surface area contributed by atoms with Gasteiger partial charge in [0.1, 0.15) is 5.82 Å². The van der Waals surface area contributed by atoms with Crippen LogP contribution in [0.2, 0.25) is 0 Å². The lowest BCUT2D eigenvalue weighted by atomic mass is 10.1. The fraction of sp³-hybridized carbons (Fsp3) is 0.684. The second-order valence-corrected chi connectivity index (χ2v) is 9.23. The zero-order valence-electron chi connectivity index (χ0n) is 15.8. The number of benzene rings is 1. The highest BCUT2D eigenvalue weighted by atomic mass is 32.2. The summed E-state index contributed by atoms with van der Waals surface area (Å²) in [6, 6.07) is 5.85. The molecular weight excluding hydrogens is 369 g/mol. The van der Waals surface area contributed by atoms with Crippen molar-refractivity contribution in [1.29, 1.82) is 0 Å². The molecule has 0 radical (unpaired) electrons. The fourth-order valence-electron chi connectivity index (χ4n) is 3.82. The normalized spacial score (nSPS) is 22.2. The summed E-state index contributed by atoms with van der Waals surface area (Å²) in [5.74, 6) is -0.556. The molecule has 3 rings (SSSR count). The molecule has 2 aliphatic heterocycles. The Morgan fingerprint density at radius 2 is 2.11 bits per heavy atom. The zero-order valence-corrected chi connectivity index (χ0v) is 16.6. The van der Waals surface area contributed by atoms with E-state index in [9.17, 15) is 12.8 Å². The minimum atomic E-state index is -3.51. The standard InChI is InChI=1S/C19H30FN3O3S/c20-18-5-1-4-17(14-18)16-27(24,25)23(19-6-2-7-21-15-19)9-3-8-22-10-12-26-13-11-22/h1,4-5,14,19,21H,2-3,6-13,15-16H2. The Morgan fingerprint density at radius 1 is 1.30 bits per heavy atom. The fourth-order valence-corrected chi connectivity index (χ4v) is 5.63. The first-order chi connectivity index (χ1) is 13.0. The SMILES string of the molecule is O=S(=O)(Cc1cccc(F)c1)N(CCCN1CCOCC1)C1CCCNC1. The number of piperidine rings is 1. The third-order valence-electron chi connectivity index (χ3n) is 5.23. The molecule has 1 aromatic rings. The topological polar surface area (TPSA) is 61.9 Å². The number of morpholine rings is 1. The van der Waals surface area contributed by atoms with Crippen LogP contribution in [0.25, 0.3) is 0 Å². The summed E-state index contributed by atoms with van der Waals surface area (Å²) < 4.78 is 46.8. The number of nitrogens with zero attached hydrogens (tertiary/aromatic N) is 2. The molecule has 0 amide bonds. The van der Waals surface area contributed by atoms with Crippen LogP contribution in [0.15, 0.2) is 24.3 Å². The van der Waals surface area contributed by atoms with E-state index in [0.29, 0.717) is 18.7 Å². The number of sulfonamides is 1. The van der Waals surface area contributed by atoms with E-state index in [0.717, 1.165) is 58.7 Å². The van der Waals surface area contributed by atoms with Crippen LogP contribution in [0.1, 0.15) is 24.8 Å². The lowest BCUT2D eigenvalue weighted by Gasteiger charge is -2.34. The predicted molar refractivity (Wildman–Crippen MR) is 103 cm³/mol. The van der Waals surface area contributed by atoms with E-state index in [2.05, 4.69) is 10.2 Å². The van der Waals surface area contributed by atoms with Gasteiger partial charge >= 0.3 is 0 Å². The molecule has 6 nitrogen and oxygen atoms in total. The van der Waals surface area contributed by atoms with E-state index in [-0.39, 0.29) is 11.8 Å². The Bertz CT molecular complexity index is 689. The average molecular weight is 400 g/mol. The molecule has 2 heterocycles. The molecule has 0 spiro atoms. The van der Waals surface area contributed by atoms with Crippen LogP contribution >= 0.6 is 0 Å². The molecule has 0 aromatic heterocycles. The Hall–Kier alpha value is -1.06. The van der Waals surface area contributed by atoms with Gasteiger partial charge in [0.05, 0.1) is 19.0 Å². The number of halogens is 1. The molecule has 1 atom stereocenters. The first-order valence-electron chi connectivity index (χ1n) is 9.79. The highest BCUT2D eigenvalue weighted by Gasteiger charge is 2.31. The minimum Gasteiger partial charge on any atom is -0.379 e. The van der Waals surface area contributed by atoms with Gasteiger partial charge in [-0.2, -0.15) is 4.31 Å². The Labute approximate surface area is 161 Å². The maximum Gasteiger partial charge on any atom is 0.218 e. The van der Waals surface area contributed by atoms with E-state index in [1.807, 2.05) is 0 Å². The zero-order chi connectivity index (χ0) is 19.1. The van der Waals surface area contributed by atoms with Gasteiger partial charge in [-0.25, -0.2) is 12.8 Å². The summed E-state index contributed by atoms with van der Waals surface area (Å²) in [6.45, 7) is 6.28. The van der Waals surface area contributed by atoms with Crippen LogP contribution in [0.5, 0.6) is 0 Å². The summed E-state index contributed by atoms with van der Waals surface area (Å²) in [6.07, 6.45) is 2.63. The van der Waals surface area contributed by atoms with Crippen LogP contribution in [0, 0.1) is 5.82 Å². The van der Waals surface area contributed by atoms with E-state index in [1.54, 1.807) is 16.4 Å². The second kappa shape index (κ2) is 9.93. The molecule has 0 saturated carbocycles. The van der Waals surface area contributed by atoms with Crippen molar-refractivity contribution in [3.63, 3.8) is 0 Å². The quantitative estimate of drug-likeness (QED) is 0.717. The van der Waals surface area contributed by atoms with Crippen molar-refractivity contribution < 1.29 is 17.5 Å². The molecule has 152 valence electrons. The molecule has 2 fully saturated rings. The van der Waals surface area contributed by atoms with Crippen LogP contribution in [0.4, 0.5) is 4.39 Å². The summed E-state index contributed by atoms with van der Waals surface area (Å²) in [7, 11) is -3.51. The molecule has 1 aromatic carbocycles. The largest absolute Gasteiger partial charge is 0.379 e. The Kier molecular flexibility index (Phi) is 7.60. The molecular formula is C19H30FN3O3S. The van der Waals surface area contributed by atoms with Crippen molar-refractivity contribution >= 4 is 10.0 Å².